The third kappa shape index (κ3) is 5.01. The number of benzene rings is 2. The van der Waals surface area contributed by atoms with Gasteiger partial charge in [-0.2, -0.15) is 0 Å². The molecule has 0 saturated heterocycles. The van der Waals surface area contributed by atoms with E-state index in [1.165, 1.54) is 0 Å². The van der Waals surface area contributed by atoms with E-state index >= 15 is 0 Å². The molecule has 0 unspecified atom stereocenters. The molecule has 4 heteroatoms. The van der Waals surface area contributed by atoms with Gasteiger partial charge in [-0.25, -0.2) is 0 Å². The van der Waals surface area contributed by atoms with Crippen molar-refractivity contribution in [3.8, 4) is 11.8 Å². The van der Waals surface area contributed by atoms with Crippen LogP contribution in [0.4, 0.5) is 0 Å². The molecule has 0 fully saturated rings. The lowest BCUT2D eigenvalue weighted by Gasteiger charge is -2.02. The Morgan fingerprint density at radius 1 is 1.00 bits per heavy atom. The Hall–Kier alpha value is -3.06. The molecule has 23 heavy (non-hydrogen) atoms. The normalized spacial score (nSPS) is 9.43. The van der Waals surface area contributed by atoms with Crippen LogP contribution in [-0.2, 0) is 11.2 Å². The first-order chi connectivity index (χ1) is 11.2. The molecular formula is C19H18N2O2. The van der Waals surface area contributed by atoms with Crippen LogP contribution in [0.15, 0.2) is 54.6 Å². The van der Waals surface area contributed by atoms with Crippen LogP contribution in [-0.4, -0.2) is 25.4 Å². The van der Waals surface area contributed by atoms with Crippen molar-refractivity contribution in [2.45, 2.75) is 6.42 Å². The third-order valence-corrected chi connectivity index (χ3v) is 3.20. The average Bonchev–Trinajstić information content (AvgIpc) is 2.59. The number of carbonyl (C=O) groups excluding carboxylic acids is 2. The average molecular weight is 306 g/mol. The number of amides is 2. The van der Waals surface area contributed by atoms with Gasteiger partial charge in [0.25, 0.3) is 5.91 Å². The Morgan fingerprint density at radius 2 is 1.70 bits per heavy atom. The SMILES string of the molecule is CNC(=O)c1ccccc1C#CCNC(=O)Cc1ccccc1. The van der Waals surface area contributed by atoms with E-state index in [4.69, 9.17) is 0 Å². The molecule has 2 N–H and O–H groups in total. The maximum atomic E-state index is 11.8. The minimum atomic E-state index is -0.178. The number of hydrogen-bond acceptors (Lipinski definition) is 2. The van der Waals surface area contributed by atoms with Gasteiger partial charge < -0.3 is 10.6 Å². The molecule has 2 rings (SSSR count). The van der Waals surface area contributed by atoms with E-state index in [0.29, 0.717) is 17.5 Å². The quantitative estimate of drug-likeness (QED) is 0.846. The summed E-state index contributed by atoms with van der Waals surface area (Å²) in [6.07, 6.45) is 0.331. The predicted molar refractivity (Wildman–Crippen MR) is 89.9 cm³/mol. The van der Waals surface area contributed by atoms with Gasteiger partial charge in [-0.05, 0) is 17.7 Å². The lowest BCUT2D eigenvalue weighted by molar-refractivity contribution is -0.120. The molecule has 0 radical (unpaired) electrons. The highest BCUT2D eigenvalue weighted by atomic mass is 16.2. The highest BCUT2D eigenvalue weighted by Crippen LogP contribution is 2.06. The van der Waals surface area contributed by atoms with Crippen molar-refractivity contribution in [1.29, 1.82) is 0 Å². The van der Waals surface area contributed by atoms with E-state index < -0.39 is 0 Å². The number of hydrogen-bond donors (Lipinski definition) is 2. The summed E-state index contributed by atoms with van der Waals surface area (Å²) < 4.78 is 0. The van der Waals surface area contributed by atoms with Gasteiger partial charge in [0.1, 0.15) is 0 Å². The minimum Gasteiger partial charge on any atom is -0.355 e. The first kappa shape index (κ1) is 16.3. The Balaban J connectivity index is 1.91. The van der Waals surface area contributed by atoms with Crippen molar-refractivity contribution < 1.29 is 9.59 Å². The molecule has 0 aliphatic rings. The number of rotatable bonds is 4. The Labute approximate surface area is 135 Å². The van der Waals surface area contributed by atoms with Gasteiger partial charge in [0.05, 0.1) is 18.5 Å². The van der Waals surface area contributed by atoms with Crippen molar-refractivity contribution in [3.63, 3.8) is 0 Å². The van der Waals surface area contributed by atoms with Crippen LogP contribution in [0.3, 0.4) is 0 Å². The van der Waals surface area contributed by atoms with Crippen LogP contribution in [0.25, 0.3) is 0 Å². The minimum absolute atomic E-state index is 0.0786. The summed E-state index contributed by atoms with van der Waals surface area (Å²) in [5.74, 6) is 5.54. The molecule has 0 aliphatic heterocycles. The summed E-state index contributed by atoms with van der Waals surface area (Å²) in [4.78, 5) is 23.5. The zero-order chi connectivity index (χ0) is 16.5. The van der Waals surface area contributed by atoms with Crippen molar-refractivity contribution in [2.75, 3.05) is 13.6 Å². The molecule has 0 aliphatic carbocycles. The summed E-state index contributed by atoms with van der Waals surface area (Å²) >= 11 is 0. The van der Waals surface area contributed by atoms with Gasteiger partial charge >= 0.3 is 0 Å². The second-order valence-electron chi connectivity index (χ2n) is 4.87. The van der Waals surface area contributed by atoms with E-state index in [9.17, 15) is 9.59 Å². The van der Waals surface area contributed by atoms with E-state index in [-0.39, 0.29) is 18.4 Å². The molecule has 0 heterocycles. The fourth-order valence-corrected chi connectivity index (χ4v) is 2.05. The molecule has 0 bridgehead atoms. The summed E-state index contributed by atoms with van der Waals surface area (Å²) in [5, 5.41) is 5.33. The maximum Gasteiger partial charge on any atom is 0.252 e. The predicted octanol–water partition coefficient (Wildman–Crippen LogP) is 1.76. The second kappa shape index (κ2) is 8.40. The van der Waals surface area contributed by atoms with Crippen molar-refractivity contribution >= 4 is 11.8 Å². The fourth-order valence-electron chi connectivity index (χ4n) is 2.05. The largest absolute Gasteiger partial charge is 0.355 e. The Kier molecular flexibility index (Phi) is 5.96. The highest BCUT2D eigenvalue weighted by Gasteiger charge is 2.06. The van der Waals surface area contributed by atoms with Crippen molar-refractivity contribution in [2.24, 2.45) is 0 Å². The van der Waals surface area contributed by atoms with Crippen LogP contribution in [0.5, 0.6) is 0 Å². The molecule has 0 aromatic heterocycles. The fraction of sp³-hybridized carbons (Fsp3) is 0.158. The lowest BCUT2D eigenvalue weighted by Crippen LogP contribution is -2.25. The van der Waals surface area contributed by atoms with Crippen LogP contribution < -0.4 is 10.6 Å². The molecule has 2 amide bonds. The van der Waals surface area contributed by atoms with Gasteiger partial charge in [0.15, 0.2) is 0 Å². The maximum absolute atomic E-state index is 11.8. The molecule has 4 nitrogen and oxygen atoms in total. The molecular weight excluding hydrogens is 288 g/mol. The van der Waals surface area contributed by atoms with E-state index in [0.717, 1.165) is 5.56 Å². The van der Waals surface area contributed by atoms with Crippen molar-refractivity contribution in [3.05, 3.63) is 71.3 Å². The molecule has 0 saturated carbocycles. The molecule has 116 valence electrons. The van der Waals surface area contributed by atoms with Crippen molar-refractivity contribution in [1.82, 2.24) is 10.6 Å². The van der Waals surface area contributed by atoms with E-state index in [1.54, 1.807) is 25.2 Å². The Morgan fingerprint density at radius 3 is 2.43 bits per heavy atom. The number of nitrogens with one attached hydrogen (secondary N) is 2. The van der Waals surface area contributed by atoms with Crippen LogP contribution in [0.2, 0.25) is 0 Å². The first-order valence-electron chi connectivity index (χ1n) is 7.31. The first-order valence-corrected chi connectivity index (χ1v) is 7.31. The lowest BCUT2D eigenvalue weighted by atomic mass is 10.1. The highest BCUT2D eigenvalue weighted by molar-refractivity contribution is 5.96. The monoisotopic (exact) mass is 306 g/mol. The standard InChI is InChI=1S/C19H18N2O2/c1-20-19(23)17-12-6-5-10-16(17)11-7-13-21-18(22)14-15-8-3-2-4-9-15/h2-6,8-10,12H,13-14H2,1H3,(H,20,23)(H,21,22). The molecule has 0 spiro atoms. The second-order valence-corrected chi connectivity index (χ2v) is 4.87. The Bertz CT molecular complexity index is 743. The summed E-state index contributed by atoms with van der Waals surface area (Å²) in [6.45, 7) is 0.244. The van der Waals surface area contributed by atoms with Gasteiger partial charge in [0.2, 0.25) is 5.91 Å². The summed E-state index contributed by atoms with van der Waals surface area (Å²) in [7, 11) is 1.58. The zero-order valence-corrected chi connectivity index (χ0v) is 12.9. The van der Waals surface area contributed by atoms with Crippen LogP contribution in [0.1, 0.15) is 21.5 Å². The topological polar surface area (TPSA) is 58.2 Å². The van der Waals surface area contributed by atoms with Gasteiger partial charge in [-0.15, -0.1) is 0 Å². The molecule has 2 aromatic carbocycles. The molecule has 0 atom stereocenters. The van der Waals surface area contributed by atoms with Gasteiger partial charge in [-0.3, -0.25) is 9.59 Å². The summed E-state index contributed by atoms with van der Waals surface area (Å²) in [6, 6.07) is 16.6. The van der Waals surface area contributed by atoms with Gasteiger partial charge in [0, 0.05) is 12.6 Å². The molecule has 2 aromatic rings. The number of carbonyl (C=O) groups is 2. The van der Waals surface area contributed by atoms with Gasteiger partial charge in [-0.1, -0.05) is 54.3 Å². The summed E-state index contributed by atoms with van der Waals surface area (Å²) in [5.41, 5.74) is 2.13. The van der Waals surface area contributed by atoms with Crippen LogP contribution in [0, 0.1) is 11.8 Å². The van der Waals surface area contributed by atoms with Crippen LogP contribution >= 0.6 is 0 Å². The third-order valence-electron chi connectivity index (χ3n) is 3.20. The van der Waals surface area contributed by atoms with E-state index in [1.807, 2.05) is 36.4 Å². The van der Waals surface area contributed by atoms with E-state index in [2.05, 4.69) is 22.5 Å². The zero-order valence-electron chi connectivity index (χ0n) is 12.9. The smallest absolute Gasteiger partial charge is 0.252 e.